The van der Waals surface area contributed by atoms with Crippen LogP contribution in [0.4, 0.5) is 10.1 Å². The van der Waals surface area contributed by atoms with Crippen LogP contribution in [0.25, 0.3) is 11.3 Å². The van der Waals surface area contributed by atoms with Crippen molar-refractivity contribution in [2.75, 3.05) is 11.9 Å². The Bertz CT molecular complexity index is 1130. The summed E-state index contributed by atoms with van der Waals surface area (Å²) < 4.78 is 19.2. The second-order valence-electron chi connectivity index (χ2n) is 6.44. The van der Waals surface area contributed by atoms with E-state index < -0.39 is 23.5 Å². The summed E-state index contributed by atoms with van der Waals surface area (Å²) in [5.41, 5.74) is 1.03. The Balaban J connectivity index is 1.87. The lowest BCUT2D eigenvalue weighted by Crippen LogP contribution is -2.33. The van der Waals surface area contributed by atoms with Crippen molar-refractivity contribution < 1.29 is 18.7 Å². The highest BCUT2D eigenvalue weighted by Crippen LogP contribution is 2.19. The van der Waals surface area contributed by atoms with Crippen LogP contribution in [-0.2, 0) is 9.53 Å². The first-order chi connectivity index (χ1) is 14.4. The van der Waals surface area contributed by atoms with Crippen LogP contribution in [0.1, 0.15) is 30.2 Å². The highest BCUT2D eigenvalue weighted by Gasteiger charge is 2.21. The Labute approximate surface area is 172 Å². The van der Waals surface area contributed by atoms with Gasteiger partial charge in [0.25, 0.3) is 5.56 Å². The second-order valence-corrected chi connectivity index (χ2v) is 6.44. The van der Waals surface area contributed by atoms with Gasteiger partial charge in [-0.3, -0.25) is 9.59 Å². The van der Waals surface area contributed by atoms with Crippen LogP contribution in [0.5, 0.6) is 0 Å². The number of anilines is 1. The zero-order chi connectivity index (χ0) is 21.7. The van der Waals surface area contributed by atoms with Crippen molar-refractivity contribution in [3.05, 3.63) is 82.4 Å². The van der Waals surface area contributed by atoms with Crippen molar-refractivity contribution in [1.82, 2.24) is 9.78 Å². The molecule has 7 nitrogen and oxygen atoms in total. The molecule has 0 aliphatic rings. The van der Waals surface area contributed by atoms with Gasteiger partial charge in [0.15, 0.2) is 0 Å². The molecule has 1 atom stereocenters. The maximum Gasteiger partial charge on any atom is 0.340 e. The van der Waals surface area contributed by atoms with Crippen molar-refractivity contribution in [3.63, 3.8) is 0 Å². The number of esters is 1. The fraction of sp³-hybridized carbons (Fsp3) is 0.182. The third kappa shape index (κ3) is 4.60. The van der Waals surface area contributed by atoms with E-state index in [1.165, 1.54) is 49.4 Å². The number of aromatic nitrogens is 2. The van der Waals surface area contributed by atoms with E-state index in [4.69, 9.17) is 4.74 Å². The van der Waals surface area contributed by atoms with Gasteiger partial charge in [0.2, 0.25) is 5.91 Å². The van der Waals surface area contributed by atoms with Crippen LogP contribution in [0.15, 0.2) is 65.5 Å². The highest BCUT2D eigenvalue weighted by molar-refractivity contribution is 6.02. The Morgan fingerprint density at radius 2 is 1.80 bits per heavy atom. The molecule has 0 spiro atoms. The van der Waals surface area contributed by atoms with E-state index in [1.54, 1.807) is 25.1 Å². The minimum atomic E-state index is -0.965. The number of rotatable bonds is 6. The Hall–Kier alpha value is -3.81. The summed E-state index contributed by atoms with van der Waals surface area (Å²) in [6.45, 7) is 3.41. The van der Waals surface area contributed by atoms with E-state index in [1.807, 2.05) is 0 Å². The average molecular weight is 409 g/mol. The summed E-state index contributed by atoms with van der Waals surface area (Å²) in [6.07, 6.45) is 0. The predicted molar refractivity (Wildman–Crippen MR) is 110 cm³/mol. The molecular formula is C22H20FN3O4. The van der Waals surface area contributed by atoms with E-state index in [2.05, 4.69) is 10.4 Å². The van der Waals surface area contributed by atoms with Gasteiger partial charge in [0, 0.05) is 11.6 Å². The molecule has 30 heavy (non-hydrogen) atoms. The molecule has 1 heterocycles. The fourth-order valence-corrected chi connectivity index (χ4v) is 2.80. The molecule has 1 aromatic heterocycles. The zero-order valence-electron chi connectivity index (χ0n) is 16.5. The second kappa shape index (κ2) is 9.13. The molecule has 3 aromatic rings. The number of nitrogens with one attached hydrogen (secondary N) is 1. The van der Waals surface area contributed by atoms with Crippen molar-refractivity contribution >= 4 is 17.6 Å². The number of para-hydroxylation sites is 1. The number of hydrogen-bond acceptors (Lipinski definition) is 5. The fourth-order valence-electron chi connectivity index (χ4n) is 2.80. The molecule has 3 rings (SSSR count). The SMILES string of the molecule is CCOC(=O)c1ccccc1NC(=O)C(C)n1nc(-c2ccc(F)cc2)ccc1=O. The van der Waals surface area contributed by atoms with Crippen LogP contribution < -0.4 is 10.9 Å². The number of carbonyl (C=O) groups excluding carboxylic acids is 2. The minimum absolute atomic E-state index is 0.201. The molecule has 0 saturated heterocycles. The van der Waals surface area contributed by atoms with Crippen LogP contribution in [0, 0.1) is 5.82 Å². The Morgan fingerprint density at radius 1 is 1.10 bits per heavy atom. The summed E-state index contributed by atoms with van der Waals surface area (Å²) in [5.74, 6) is -1.48. The van der Waals surface area contributed by atoms with E-state index >= 15 is 0 Å². The van der Waals surface area contributed by atoms with Crippen LogP contribution in [-0.4, -0.2) is 28.3 Å². The van der Waals surface area contributed by atoms with Gasteiger partial charge in [0.1, 0.15) is 11.9 Å². The van der Waals surface area contributed by atoms with Gasteiger partial charge in [-0.05, 0) is 56.3 Å². The van der Waals surface area contributed by atoms with Gasteiger partial charge >= 0.3 is 5.97 Å². The van der Waals surface area contributed by atoms with Crippen molar-refractivity contribution in [2.45, 2.75) is 19.9 Å². The molecule has 2 aromatic carbocycles. The number of benzene rings is 2. The molecule has 1 amide bonds. The van der Waals surface area contributed by atoms with E-state index in [9.17, 15) is 18.8 Å². The monoisotopic (exact) mass is 409 g/mol. The van der Waals surface area contributed by atoms with Gasteiger partial charge in [-0.1, -0.05) is 12.1 Å². The molecule has 1 N–H and O–H groups in total. The maximum atomic E-state index is 13.2. The van der Waals surface area contributed by atoms with Crippen LogP contribution in [0.3, 0.4) is 0 Å². The topological polar surface area (TPSA) is 90.3 Å². The van der Waals surface area contributed by atoms with E-state index in [-0.39, 0.29) is 23.7 Å². The first kappa shape index (κ1) is 20.9. The lowest BCUT2D eigenvalue weighted by atomic mass is 10.1. The quantitative estimate of drug-likeness (QED) is 0.630. The summed E-state index contributed by atoms with van der Waals surface area (Å²) >= 11 is 0. The number of halogens is 1. The lowest BCUT2D eigenvalue weighted by Gasteiger charge is -2.16. The van der Waals surface area contributed by atoms with Crippen molar-refractivity contribution in [2.24, 2.45) is 0 Å². The number of hydrogen-bond donors (Lipinski definition) is 1. The smallest absolute Gasteiger partial charge is 0.340 e. The standard InChI is InChI=1S/C22H20FN3O4/c1-3-30-22(29)17-6-4-5-7-19(17)24-21(28)14(2)26-20(27)13-12-18(25-26)15-8-10-16(23)11-9-15/h4-14H,3H2,1-2H3,(H,24,28). The lowest BCUT2D eigenvalue weighted by molar-refractivity contribution is -0.119. The Morgan fingerprint density at radius 3 is 2.50 bits per heavy atom. The predicted octanol–water partition coefficient (Wildman–Crippen LogP) is 3.43. The van der Waals surface area contributed by atoms with Crippen LogP contribution >= 0.6 is 0 Å². The summed E-state index contributed by atoms with van der Waals surface area (Å²) in [4.78, 5) is 37.2. The molecule has 0 aliphatic carbocycles. The molecule has 0 fully saturated rings. The van der Waals surface area contributed by atoms with Gasteiger partial charge in [-0.25, -0.2) is 13.9 Å². The maximum absolute atomic E-state index is 13.2. The first-order valence-electron chi connectivity index (χ1n) is 9.33. The van der Waals surface area contributed by atoms with Gasteiger partial charge in [0.05, 0.1) is 23.6 Å². The summed E-state index contributed by atoms with van der Waals surface area (Å²) in [5, 5.41) is 6.90. The number of ether oxygens (including phenoxy) is 1. The van der Waals surface area contributed by atoms with Crippen molar-refractivity contribution in [1.29, 1.82) is 0 Å². The largest absolute Gasteiger partial charge is 0.462 e. The summed E-state index contributed by atoms with van der Waals surface area (Å²) in [7, 11) is 0. The molecule has 0 saturated carbocycles. The zero-order valence-corrected chi connectivity index (χ0v) is 16.5. The van der Waals surface area contributed by atoms with E-state index in [0.717, 1.165) is 4.68 Å². The normalized spacial score (nSPS) is 11.6. The molecular weight excluding hydrogens is 389 g/mol. The summed E-state index contributed by atoms with van der Waals surface area (Å²) in [6, 6.07) is 13.9. The number of nitrogens with zero attached hydrogens (tertiary/aromatic N) is 2. The molecule has 0 bridgehead atoms. The van der Waals surface area contributed by atoms with Gasteiger partial charge in [-0.2, -0.15) is 5.10 Å². The van der Waals surface area contributed by atoms with E-state index in [0.29, 0.717) is 11.3 Å². The molecule has 154 valence electrons. The van der Waals surface area contributed by atoms with Gasteiger partial charge in [-0.15, -0.1) is 0 Å². The van der Waals surface area contributed by atoms with Crippen LogP contribution in [0.2, 0.25) is 0 Å². The average Bonchev–Trinajstić information content (AvgIpc) is 2.75. The Kier molecular flexibility index (Phi) is 6.36. The molecule has 8 heteroatoms. The highest BCUT2D eigenvalue weighted by atomic mass is 19.1. The number of amides is 1. The van der Waals surface area contributed by atoms with Crippen molar-refractivity contribution in [3.8, 4) is 11.3 Å². The number of carbonyl (C=O) groups is 2. The minimum Gasteiger partial charge on any atom is -0.462 e. The molecule has 1 unspecified atom stereocenters. The molecule has 0 radical (unpaired) electrons. The molecule has 0 aliphatic heterocycles. The third-order valence-electron chi connectivity index (χ3n) is 4.39. The van der Waals surface area contributed by atoms with Gasteiger partial charge < -0.3 is 10.1 Å². The first-order valence-corrected chi connectivity index (χ1v) is 9.33. The third-order valence-corrected chi connectivity index (χ3v) is 4.39.